The summed E-state index contributed by atoms with van der Waals surface area (Å²) in [6, 6.07) is 21.7. The van der Waals surface area contributed by atoms with E-state index in [1.807, 2.05) is 48.5 Å². The van der Waals surface area contributed by atoms with Crippen molar-refractivity contribution in [3.8, 4) is 0 Å². The van der Waals surface area contributed by atoms with Gasteiger partial charge >= 0.3 is 5.97 Å². The Balaban J connectivity index is 1.59. The number of nitrogens with two attached hydrogens (primary N) is 1. The van der Waals surface area contributed by atoms with Gasteiger partial charge in [0.05, 0.1) is 6.04 Å². The van der Waals surface area contributed by atoms with Crippen molar-refractivity contribution in [2.24, 2.45) is 5.14 Å². The van der Waals surface area contributed by atoms with E-state index in [1.165, 1.54) is 22.3 Å². The molecular formula is C24H20N4O3S2. The monoisotopic (exact) mass is 476 g/mol. The number of anilines is 1. The molecule has 1 atom stereocenters. The topological polar surface area (TPSA) is 112 Å². The Kier molecular flexibility index (Phi) is 5.77. The summed E-state index contributed by atoms with van der Waals surface area (Å²) < 4.78 is 0. The number of aliphatic hydroxyl groups is 1. The van der Waals surface area contributed by atoms with Gasteiger partial charge in [-0.25, -0.2) is 20.2 Å². The highest BCUT2D eigenvalue weighted by Crippen LogP contribution is 2.39. The van der Waals surface area contributed by atoms with Gasteiger partial charge in [-0.1, -0.05) is 54.6 Å². The molecule has 0 spiro atoms. The fourth-order valence-corrected chi connectivity index (χ4v) is 5.06. The van der Waals surface area contributed by atoms with Crippen LogP contribution < -0.4 is 15.6 Å². The van der Waals surface area contributed by atoms with Crippen LogP contribution in [0.15, 0.2) is 88.5 Å². The molecule has 0 saturated carbocycles. The number of thiazole rings is 1. The van der Waals surface area contributed by atoms with Crippen molar-refractivity contribution in [2.75, 3.05) is 5.01 Å². The third-order valence-corrected chi connectivity index (χ3v) is 6.97. The number of carboxylic acid groups (broad SMARTS) is 1. The number of hydrazine groups is 1. The van der Waals surface area contributed by atoms with E-state index < -0.39 is 5.97 Å². The lowest BCUT2D eigenvalue weighted by molar-refractivity contribution is 0.0691. The van der Waals surface area contributed by atoms with Gasteiger partial charge in [-0.2, -0.15) is 0 Å². The lowest BCUT2D eigenvalue weighted by atomic mass is 9.91. The standard InChI is InChI=1S/C24H20N4O3S2/c25-33-16-10-8-14(9-11-16)12-19-21(18-7-3-5-15-4-1-2-6-17(15)18)27-28(22(19)29)24-26-20(13-32-24)23(30)31/h1-11,13,21,27,29H,12,25H2,(H,30,31). The predicted octanol–water partition coefficient (Wildman–Crippen LogP) is 5.04. The van der Waals surface area contributed by atoms with Gasteiger partial charge < -0.3 is 10.2 Å². The Morgan fingerprint density at radius 2 is 1.88 bits per heavy atom. The molecule has 0 radical (unpaired) electrons. The first-order chi connectivity index (χ1) is 16.0. The summed E-state index contributed by atoms with van der Waals surface area (Å²) in [5.41, 5.74) is 6.10. The van der Waals surface area contributed by atoms with Gasteiger partial charge in [0.15, 0.2) is 5.69 Å². The largest absolute Gasteiger partial charge is 0.493 e. The molecule has 0 saturated heterocycles. The van der Waals surface area contributed by atoms with Crippen molar-refractivity contribution < 1.29 is 15.0 Å². The summed E-state index contributed by atoms with van der Waals surface area (Å²) in [6.07, 6.45) is 0.496. The van der Waals surface area contributed by atoms with E-state index in [2.05, 4.69) is 28.6 Å². The predicted molar refractivity (Wildman–Crippen MR) is 131 cm³/mol. The summed E-state index contributed by atoms with van der Waals surface area (Å²) in [6.45, 7) is 0. The average molecular weight is 477 g/mol. The molecule has 0 aliphatic carbocycles. The second kappa shape index (κ2) is 8.87. The number of aliphatic hydroxyl groups excluding tert-OH is 1. The molecule has 1 aromatic heterocycles. The highest BCUT2D eigenvalue weighted by molar-refractivity contribution is 7.97. The van der Waals surface area contributed by atoms with Crippen LogP contribution in [0.4, 0.5) is 5.13 Å². The Labute approximate surface area is 198 Å². The molecular weight excluding hydrogens is 456 g/mol. The van der Waals surface area contributed by atoms with Crippen LogP contribution in [0, 0.1) is 0 Å². The third-order valence-electron chi connectivity index (χ3n) is 5.60. The van der Waals surface area contributed by atoms with Crippen molar-refractivity contribution in [3.05, 3.63) is 100 Å². The van der Waals surface area contributed by atoms with Crippen molar-refractivity contribution in [1.29, 1.82) is 0 Å². The molecule has 1 aliphatic rings. The number of fused-ring (bicyclic) bond motifs is 1. The van der Waals surface area contributed by atoms with Crippen molar-refractivity contribution in [3.63, 3.8) is 0 Å². The molecule has 2 heterocycles. The fraction of sp³-hybridized carbons (Fsp3) is 0.0833. The zero-order valence-electron chi connectivity index (χ0n) is 17.3. The number of hydrogen-bond acceptors (Lipinski definition) is 8. The van der Waals surface area contributed by atoms with E-state index in [0.29, 0.717) is 11.6 Å². The molecule has 1 unspecified atom stereocenters. The SMILES string of the molecule is NSc1ccc(CC2=C(O)N(c3nc(C(=O)O)cs3)NC2c2cccc3ccccc23)cc1. The Morgan fingerprint density at radius 1 is 1.12 bits per heavy atom. The molecule has 5 rings (SSSR count). The number of hydrogen-bond donors (Lipinski definition) is 4. The van der Waals surface area contributed by atoms with Gasteiger partial charge in [0, 0.05) is 22.3 Å². The maximum Gasteiger partial charge on any atom is 0.355 e. The number of rotatable bonds is 6. The fourth-order valence-electron chi connectivity index (χ4n) is 4.00. The number of aromatic nitrogens is 1. The Morgan fingerprint density at radius 3 is 2.61 bits per heavy atom. The first kappa shape index (κ1) is 21.5. The maximum atomic E-state index is 11.3. The van der Waals surface area contributed by atoms with Crippen LogP contribution in [0.2, 0.25) is 0 Å². The van der Waals surface area contributed by atoms with Crippen LogP contribution in [-0.4, -0.2) is 21.2 Å². The molecule has 33 heavy (non-hydrogen) atoms. The molecule has 9 heteroatoms. The lowest BCUT2D eigenvalue weighted by Crippen LogP contribution is -2.33. The van der Waals surface area contributed by atoms with Gasteiger partial charge in [-0.05, 0) is 46.0 Å². The van der Waals surface area contributed by atoms with E-state index in [-0.39, 0.29) is 17.6 Å². The molecule has 0 amide bonds. The summed E-state index contributed by atoms with van der Waals surface area (Å²) >= 11 is 2.34. The van der Waals surface area contributed by atoms with Crippen LogP contribution in [-0.2, 0) is 6.42 Å². The lowest BCUT2D eigenvalue weighted by Gasteiger charge is -2.20. The number of benzene rings is 3. The second-order valence-corrected chi connectivity index (χ2v) is 9.12. The first-order valence-electron chi connectivity index (χ1n) is 10.2. The van der Waals surface area contributed by atoms with Crippen LogP contribution in [0.3, 0.4) is 0 Å². The van der Waals surface area contributed by atoms with Crippen LogP contribution >= 0.6 is 23.3 Å². The number of carboxylic acids is 1. The number of aromatic carboxylic acids is 1. The van der Waals surface area contributed by atoms with Gasteiger partial charge in [-0.15, -0.1) is 11.3 Å². The van der Waals surface area contributed by atoms with Gasteiger partial charge in [0.1, 0.15) is 0 Å². The molecule has 4 aromatic rings. The molecule has 0 bridgehead atoms. The highest BCUT2D eigenvalue weighted by atomic mass is 32.2. The van der Waals surface area contributed by atoms with Crippen molar-refractivity contribution in [1.82, 2.24) is 10.4 Å². The first-order valence-corrected chi connectivity index (χ1v) is 11.9. The van der Waals surface area contributed by atoms with Gasteiger partial charge in [0.2, 0.25) is 11.0 Å². The van der Waals surface area contributed by atoms with E-state index in [0.717, 1.165) is 43.7 Å². The molecule has 5 N–H and O–H groups in total. The normalized spacial score (nSPS) is 16.0. The zero-order chi connectivity index (χ0) is 22.9. The molecule has 0 fully saturated rings. The minimum absolute atomic E-state index is 0.0245. The van der Waals surface area contributed by atoms with Crippen LogP contribution in [0.1, 0.15) is 27.7 Å². The van der Waals surface area contributed by atoms with E-state index in [4.69, 9.17) is 5.14 Å². The van der Waals surface area contributed by atoms with Crippen LogP contribution in [0.25, 0.3) is 10.8 Å². The summed E-state index contributed by atoms with van der Waals surface area (Å²) in [7, 11) is 0. The van der Waals surface area contributed by atoms with Crippen molar-refractivity contribution in [2.45, 2.75) is 17.4 Å². The second-order valence-electron chi connectivity index (χ2n) is 7.57. The zero-order valence-corrected chi connectivity index (χ0v) is 18.9. The quantitative estimate of drug-likeness (QED) is 0.287. The number of nitrogens with one attached hydrogen (secondary N) is 1. The molecule has 3 aromatic carbocycles. The molecule has 1 aliphatic heterocycles. The summed E-state index contributed by atoms with van der Waals surface area (Å²) in [4.78, 5) is 16.4. The van der Waals surface area contributed by atoms with Gasteiger partial charge in [-0.3, -0.25) is 5.14 Å². The number of nitrogens with zero attached hydrogens (tertiary/aromatic N) is 2. The van der Waals surface area contributed by atoms with Crippen molar-refractivity contribution >= 4 is 45.2 Å². The summed E-state index contributed by atoms with van der Waals surface area (Å²) in [5, 5.41) is 31.6. The summed E-state index contributed by atoms with van der Waals surface area (Å²) in [5.74, 6) is -1.08. The average Bonchev–Trinajstić information content (AvgIpc) is 3.45. The highest BCUT2D eigenvalue weighted by Gasteiger charge is 2.35. The van der Waals surface area contributed by atoms with E-state index >= 15 is 0 Å². The van der Waals surface area contributed by atoms with E-state index in [9.17, 15) is 15.0 Å². The van der Waals surface area contributed by atoms with Crippen LogP contribution in [0.5, 0.6) is 0 Å². The Hall–Kier alpha value is -3.37. The smallest absolute Gasteiger partial charge is 0.355 e. The van der Waals surface area contributed by atoms with Gasteiger partial charge in [0.25, 0.3) is 0 Å². The number of carbonyl (C=O) groups is 1. The third kappa shape index (κ3) is 4.07. The van der Waals surface area contributed by atoms with E-state index in [1.54, 1.807) is 0 Å². The minimum Gasteiger partial charge on any atom is -0.493 e. The Bertz CT molecular complexity index is 1360. The molecule has 7 nitrogen and oxygen atoms in total. The maximum absolute atomic E-state index is 11.3. The molecule has 166 valence electrons. The minimum atomic E-state index is -1.11.